The van der Waals surface area contributed by atoms with E-state index in [0.717, 1.165) is 0 Å². The lowest BCUT2D eigenvalue weighted by molar-refractivity contribution is -0.165. The molecule has 0 aliphatic carbocycles. The number of carbonyl (C=O) groups excluding carboxylic acids is 1. The van der Waals surface area contributed by atoms with E-state index in [1.54, 1.807) is 35.2 Å². The van der Waals surface area contributed by atoms with Gasteiger partial charge >= 0.3 is 0 Å². The molecule has 2 aliphatic heterocycles. The number of aromatic nitrogens is 4. The minimum Gasteiger partial charge on any atom is -0.393 e. The standard InChI is InChI=1S/C19H19N5O5/c25-7-19-8-28-14(15(19)26)12(6-29-19)24-10-22-13-16(20-9-21-17(13)24)23-18(27)11-4-2-1-3-5-11/h1-5,9-10,12,14-15,25-26H,6-8H2,(H,20,21,23,27)/t12-,14?,15?,19?/m0/s1. The Hall–Kier alpha value is -2.92. The number of fused-ring (bicyclic) bond motifs is 3. The van der Waals surface area contributed by atoms with E-state index >= 15 is 0 Å². The molecule has 1 amide bonds. The van der Waals surface area contributed by atoms with Gasteiger partial charge in [0.2, 0.25) is 0 Å². The fourth-order valence-corrected chi connectivity index (χ4v) is 3.89. The van der Waals surface area contributed by atoms with Crippen molar-refractivity contribution in [2.75, 3.05) is 25.1 Å². The number of ether oxygens (including phenoxy) is 2. The van der Waals surface area contributed by atoms with Crippen LogP contribution in [0.15, 0.2) is 43.0 Å². The van der Waals surface area contributed by atoms with Crippen LogP contribution in [0.3, 0.4) is 0 Å². The molecule has 2 aliphatic rings. The van der Waals surface area contributed by atoms with Crippen molar-refractivity contribution in [1.29, 1.82) is 0 Å². The Morgan fingerprint density at radius 3 is 2.90 bits per heavy atom. The van der Waals surface area contributed by atoms with E-state index in [2.05, 4.69) is 20.3 Å². The van der Waals surface area contributed by atoms with E-state index in [0.29, 0.717) is 16.7 Å². The zero-order valence-electron chi connectivity index (χ0n) is 15.3. The third kappa shape index (κ3) is 2.80. The summed E-state index contributed by atoms with van der Waals surface area (Å²) in [6, 6.07) is 8.42. The maximum atomic E-state index is 12.5. The molecule has 0 spiro atoms. The maximum Gasteiger partial charge on any atom is 0.256 e. The summed E-state index contributed by atoms with van der Waals surface area (Å²) in [5.74, 6) is -0.0136. The molecule has 4 heterocycles. The van der Waals surface area contributed by atoms with Crippen LogP contribution < -0.4 is 5.32 Å². The second kappa shape index (κ2) is 6.85. The third-order valence-corrected chi connectivity index (χ3v) is 5.54. The number of aliphatic hydroxyl groups is 2. The summed E-state index contributed by atoms with van der Waals surface area (Å²) < 4.78 is 13.2. The average molecular weight is 397 g/mol. The Balaban J connectivity index is 1.46. The topological polar surface area (TPSA) is 132 Å². The van der Waals surface area contributed by atoms with E-state index in [4.69, 9.17) is 9.47 Å². The molecule has 2 fully saturated rings. The number of aliphatic hydroxyl groups excluding tert-OH is 2. The zero-order valence-corrected chi connectivity index (χ0v) is 15.3. The van der Waals surface area contributed by atoms with E-state index < -0.39 is 17.8 Å². The van der Waals surface area contributed by atoms with E-state index in [-0.39, 0.29) is 37.6 Å². The van der Waals surface area contributed by atoms with Gasteiger partial charge in [-0.05, 0) is 12.1 Å². The number of nitrogens with one attached hydrogen (secondary N) is 1. The Labute approximate surface area is 165 Å². The van der Waals surface area contributed by atoms with Gasteiger partial charge in [-0.2, -0.15) is 0 Å². The molecule has 2 bridgehead atoms. The number of hydrogen-bond acceptors (Lipinski definition) is 8. The molecular formula is C19H19N5O5. The van der Waals surface area contributed by atoms with Crippen molar-refractivity contribution in [2.24, 2.45) is 0 Å². The number of benzene rings is 1. The molecule has 3 N–H and O–H groups in total. The predicted octanol–water partition coefficient (Wildman–Crippen LogP) is 0.141. The van der Waals surface area contributed by atoms with Crippen molar-refractivity contribution in [3.05, 3.63) is 48.5 Å². The van der Waals surface area contributed by atoms with Gasteiger partial charge in [0.05, 0.1) is 32.2 Å². The van der Waals surface area contributed by atoms with Gasteiger partial charge < -0.3 is 29.6 Å². The second-order valence-electron chi connectivity index (χ2n) is 7.19. The number of rotatable bonds is 4. The molecule has 10 heteroatoms. The molecular weight excluding hydrogens is 378 g/mol. The number of imidazole rings is 1. The van der Waals surface area contributed by atoms with Crippen LogP contribution in [-0.2, 0) is 9.47 Å². The first-order valence-corrected chi connectivity index (χ1v) is 9.21. The summed E-state index contributed by atoms with van der Waals surface area (Å²) in [5, 5.41) is 22.9. The van der Waals surface area contributed by atoms with E-state index in [1.807, 2.05) is 6.07 Å². The average Bonchev–Trinajstić information content (AvgIpc) is 3.26. The largest absolute Gasteiger partial charge is 0.393 e. The predicted molar refractivity (Wildman–Crippen MR) is 100 cm³/mol. The maximum absolute atomic E-state index is 12.5. The molecule has 1 aromatic carbocycles. The highest BCUT2D eigenvalue weighted by Crippen LogP contribution is 2.40. The molecule has 29 heavy (non-hydrogen) atoms. The Kier molecular flexibility index (Phi) is 4.28. The molecule has 0 radical (unpaired) electrons. The minimum atomic E-state index is -1.08. The van der Waals surface area contributed by atoms with E-state index in [9.17, 15) is 15.0 Å². The lowest BCUT2D eigenvalue weighted by Crippen LogP contribution is -2.56. The van der Waals surface area contributed by atoms with Crippen molar-refractivity contribution in [2.45, 2.75) is 23.9 Å². The Bertz CT molecular complexity index is 1060. The smallest absolute Gasteiger partial charge is 0.256 e. The van der Waals surface area contributed by atoms with Crippen LogP contribution in [0.1, 0.15) is 16.4 Å². The first kappa shape index (κ1) is 18.1. The Morgan fingerprint density at radius 1 is 1.28 bits per heavy atom. The minimum absolute atomic E-state index is 0.117. The third-order valence-electron chi connectivity index (χ3n) is 5.54. The number of hydrogen-bond donors (Lipinski definition) is 3. The molecule has 3 aromatic rings. The van der Waals surface area contributed by atoms with Gasteiger partial charge in [0.25, 0.3) is 5.91 Å². The Morgan fingerprint density at radius 2 is 2.10 bits per heavy atom. The molecule has 0 saturated carbocycles. The van der Waals surface area contributed by atoms with Crippen molar-refractivity contribution in [3.63, 3.8) is 0 Å². The number of amides is 1. The second-order valence-corrected chi connectivity index (χ2v) is 7.19. The molecule has 10 nitrogen and oxygen atoms in total. The van der Waals surface area contributed by atoms with Crippen LogP contribution in [0.5, 0.6) is 0 Å². The van der Waals surface area contributed by atoms with Gasteiger partial charge in [0.1, 0.15) is 24.1 Å². The lowest BCUT2D eigenvalue weighted by Gasteiger charge is -2.38. The van der Waals surface area contributed by atoms with Crippen LogP contribution >= 0.6 is 0 Å². The quantitative estimate of drug-likeness (QED) is 0.567. The van der Waals surface area contributed by atoms with Crippen molar-refractivity contribution in [1.82, 2.24) is 19.5 Å². The van der Waals surface area contributed by atoms with Gasteiger partial charge in [0.15, 0.2) is 17.0 Å². The number of nitrogens with zero attached hydrogens (tertiary/aromatic N) is 4. The van der Waals surface area contributed by atoms with Gasteiger partial charge in [-0.25, -0.2) is 15.0 Å². The molecule has 2 aromatic heterocycles. The van der Waals surface area contributed by atoms with Crippen LogP contribution in [0.2, 0.25) is 0 Å². The van der Waals surface area contributed by atoms with Gasteiger partial charge in [-0.3, -0.25) is 4.79 Å². The van der Waals surface area contributed by atoms with Crippen LogP contribution in [0.25, 0.3) is 11.2 Å². The first-order valence-electron chi connectivity index (χ1n) is 9.21. The highest BCUT2D eigenvalue weighted by Gasteiger charge is 2.57. The van der Waals surface area contributed by atoms with Crippen LogP contribution in [0.4, 0.5) is 5.82 Å². The normalized spacial score (nSPS) is 28.6. The van der Waals surface area contributed by atoms with Crippen molar-refractivity contribution in [3.8, 4) is 0 Å². The SMILES string of the molecule is O=C(Nc1ncnc2c1ncn2[C@H]1COC2(CO)COC1C2O)c1ccccc1. The summed E-state index contributed by atoms with van der Waals surface area (Å²) in [5.41, 5.74) is 0.322. The summed E-state index contributed by atoms with van der Waals surface area (Å²) >= 11 is 0. The molecule has 3 unspecified atom stereocenters. The van der Waals surface area contributed by atoms with Crippen molar-refractivity contribution < 1.29 is 24.5 Å². The molecule has 5 rings (SSSR count). The van der Waals surface area contributed by atoms with Crippen LogP contribution in [0, 0.1) is 0 Å². The molecule has 2 saturated heterocycles. The van der Waals surface area contributed by atoms with E-state index in [1.165, 1.54) is 6.33 Å². The summed E-state index contributed by atoms with van der Waals surface area (Å²) in [6.45, 7) is 0.0230. The number of carbonyl (C=O) groups is 1. The lowest BCUT2D eigenvalue weighted by atomic mass is 9.90. The molecule has 150 valence electrons. The summed E-state index contributed by atoms with van der Waals surface area (Å²) in [7, 11) is 0. The van der Waals surface area contributed by atoms with Gasteiger partial charge in [-0.15, -0.1) is 0 Å². The fourth-order valence-electron chi connectivity index (χ4n) is 3.89. The molecule has 4 atom stereocenters. The monoisotopic (exact) mass is 397 g/mol. The summed E-state index contributed by atoms with van der Waals surface area (Å²) in [4.78, 5) is 25.3. The van der Waals surface area contributed by atoms with Crippen LogP contribution in [-0.4, -0.2) is 73.3 Å². The van der Waals surface area contributed by atoms with Crippen molar-refractivity contribution >= 4 is 22.9 Å². The van der Waals surface area contributed by atoms with Gasteiger partial charge in [0, 0.05) is 5.56 Å². The highest BCUT2D eigenvalue weighted by molar-refractivity contribution is 6.06. The number of anilines is 1. The fraction of sp³-hybridized carbons (Fsp3) is 0.368. The van der Waals surface area contributed by atoms with Gasteiger partial charge in [-0.1, -0.05) is 18.2 Å². The summed E-state index contributed by atoms with van der Waals surface area (Å²) in [6.07, 6.45) is 1.37. The first-order chi connectivity index (χ1) is 14.1. The highest BCUT2D eigenvalue weighted by atomic mass is 16.6. The zero-order chi connectivity index (χ0) is 20.0.